The molecular weight excluding hydrogens is 603 g/mol. The first kappa shape index (κ1) is 30.4. The molecule has 11 nitrogen and oxygen atoms in total. The van der Waals surface area contributed by atoms with E-state index in [0.29, 0.717) is 21.7 Å². The van der Waals surface area contributed by atoms with Crippen LogP contribution in [0.4, 0.5) is 11.4 Å². The van der Waals surface area contributed by atoms with Gasteiger partial charge in [0, 0.05) is 35.0 Å². The summed E-state index contributed by atoms with van der Waals surface area (Å²) >= 11 is 1.19. The summed E-state index contributed by atoms with van der Waals surface area (Å²) < 4.78 is 23.0. The Hall–Kier alpha value is -5.11. The van der Waals surface area contributed by atoms with Gasteiger partial charge in [-0.3, -0.25) is 24.2 Å². The van der Waals surface area contributed by atoms with E-state index in [1.807, 2.05) is 0 Å². The first-order valence-corrected chi connectivity index (χ1v) is 15.6. The van der Waals surface area contributed by atoms with E-state index >= 15 is 0 Å². The molecule has 1 saturated heterocycles. The minimum Gasteiger partial charge on any atom is -0.321 e. The number of thioether (sulfide) groups is 1. The van der Waals surface area contributed by atoms with Crippen LogP contribution in [0.2, 0.25) is 0 Å². The maximum absolute atomic E-state index is 13.2. The van der Waals surface area contributed by atoms with Crippen molar-refractivity contribution in [2.45, 2.75) is 21.5 Å². The van der Waals surface area contributed by atoms with E-state index in [0.717, 1.165) is 4.90 Å². The van der Waals surface area contributed by atoms with Crippen molar-refractivity contribution in [3.63, 3.8) is 0 Å². The van der Waals surface area contributed by atoms with Crippen LogP contribution in [-0.4, -0.2) is 42.3 Å². The number of nitrogens with zero attached hydrogens (tertiary/aromatic N) is 2. The van der Waals surface area contributed by atoms with Gasteiger partial charge >= 0.3 is 0 Å². The first-order valence-electron chi connectivity index (χ1n) is 13.1. The van der Waals surface area contributed by atoms with Gasteiger partial charge < -0.3 is 10.6 Å². The molecule has 1 unspecified atom stereocenters. The molecule has 13 heteroatoms. The summed E-state index contributed by atoms with van der Waals surface area (Å²) in [5.74, 6) is -1.85. The van der Waals surface area contributed by atoms with Crippen molar-refractivity contribution in [1.29, 1.82) is 0 Å². The predicted octanol–water partition coefficient (Wildman–Crippen LogP) is 3.56. The second-order valence-electron chi connectivity index (χ2n) is 9.56. The highest BCUT2D eigenvalue weighted by molar-refractivity contribution is 8.00. The Labute approximate surface area is 257 Å². The van der Waals surface area contributed by atoms with E-state index < -0.39 is 38.9 Å². The quantitative estimate of drug-likeness (QED) is 0.187. The number of pyridine rings is 1. The van der Waals surface area contributed by atoms with Crippen molar-refractivity contribution in [3.8, 4) is 0 Å². The summed E-state index contributed by atoms with van der Waals surface area (Å²) in [7, 11) is -3.91. The van der Waals surface area contributed by atoms with E-state index in [2.05, 4.69) is 15.6 Å². The van der Waals surface area contributed by atoms with Crippen molar-refractivity contribution < 1.29 is 27.6 Å². The Balaban J connectivity index is 1.26. The number of hydrogen-bond donors (Lipinski definition) is 3. The van der Waals surface area contributed by atoms with Crippen molar-refractivity contribution in [2.24, 2.45) is 5.14 Å². The molecule has 0 saturated carbocycles. The number of carbonyl (C=O) groups is 4. The topological polar surface area (TPSA) is 169 Å². The van der Waals surface area contributed by atoms with Gasteiger partial charge in [-0.1, -0.05) is 24.3 Å². The van der Waals surface area contributed by atoms with Gasteiger partial charge in [-0.15, -0.1) is 11.8 Å². The van der Waals surface area contributed by atoms with Crippen LogP contribution in [0.15, 0.2) is 119 Å². The van der Waals surface area contributed by atoms with E-state index in [1.165, 1.54) is 42.1 Å². The zero-order chi connectivity index (χ0) is 31.3. The molecule has 1 aliphatic rings. The van der Waals surface area contributed by atoms with Crippen LogP contribution >= 0.6 is 11.8 Å². The molecule has 3 aromatic carbocycles. The number of sulfonamides is 1. The lowest BCUT2D eigenvalue weighted by Gasteiger charge is -2.15. The fraction of sp³-hybridized carbons (Fsp3) is 0.0645. The number of primary sulfonamides is 1. The molecule has 1 aromatic heterocycles. The molecular formula is C31H25N5O6S2. The predicted molar refractivity (Wildman–Crippen MR) is 166 cm³/mol. The average molecular weight is 628 g/mol. The molecule has 4 N–H and O–H groups in total. The van der Waals surface area contributed by atoms with Crippen LogP contribution < -0.4 is 20.7 Å². The van der Waals surface area contributed by atoms with Crippen molar-refractivity contribution in [3.05, 3.63) is 120 Å². The molecule has 44 heavy (non-hydrogen) atoms. The lowest BCUT2D eigenvalue weighted by molar-refractivity contribution is -0.121. The van der Waals surface area contributed by atoms with Crippen molar-refractivity contribution >= 4 is 62.9 Å². The number of aromatic nitrogens is 1. The average Bonchev–Trinajstić information content (AvgIpc) is 3.30. The highest BCUT2D eigenvalue weighted by Crippen LogP contribution is 2.34. The SMILES string of the molecule is NS(=O)(=O)c1ccc(N2C(=O)CC(Sc3ccc(NC(=O)/C(=C/c4cccnc4)NC(=O)c4ccccc4)cc3)C2=O)cc1. The van der Waals surface area contributed by atoms with Crippen LogP contribution in [0.5, 0.6) is 0 Å². The number of amides is 4. The fourth-order valence-corrected chi connectivity index (χ4v) is 5.87. The zero-order valence-electron chi connectivity index (χ0n) is 22.9. The molecule has 4 amide bonds. The number of rotatable bonds is 9. The van der Waals surface area contributed by atoms with Crippen LogP contribution in [-0.2, 0) is 24.4 Å². The monoisotopic (exact) mass is 627 g/mol. The second kappa shape index (κ2) is 13.0. The second-order valence-corrected chi connectivity index (χ2v) is 12.4. The van der Waals surface area contributed by atoms with Gasteiger partial charge in [-0.25, -0.2) is 18.5 Å². The van der Waals surface area contributed by atoms with E-state index in [9.17, 15) is 27.6 Å². The number of hydrogen-bond acceptors (Lipinski definition) is 8. The van der Waals surface area contributed by atoms with Gasteiger partial charge in [0.2, 0.25) is 21.8 Å². The summed E-state index contributed by atoms with van der Waals surface area (Å²) in [6.45, 7) is 0. The number of imide groups is 1. The van der Waals surface area contributed by atoms with Gasteiger partial charge in [-0.2, -0.15) is 0 Å². The van der Waals surface area contributed by atoms with Crippen molar-refractivity contribution in [2.75, 3.05) is 10.2 Å². The van der Waals surface area contributed by atoms with E-state index in [4.69, 9.17) is 5.14 Å². The Morgan fingerprint density at radius 3 is 2.27 bits per heavy atom. The summed E-state index contributed by atoms with van der Waals surface area (Å²) in [4.78, 5) is 57.4. The van der Waals surface area contributed by atoms with Gasteiger partial charge in [0.05, 0.1) is 15.8 Å². The smallest absolute Gasteiger partial charge is 0.272 e. The lowest BCUT2D eigenvalue weighted by Crippen LogP contribution is -2.31. The summed E-state index contributed by atoms with van der Waals surface area (Å²) in [5, 5.41) is 9.87. The van der Waals surface area contributed by atoms with Gasteiger partial charge in [0.1, 0.15) is 5.70 Å². The van der Waals surface area contributed by atoms with Crippen LogP contribution in [0.1, 0.15) is 22.3 Å². The Kier molecular flexibility index (Phi) is 8.99. The highest BCUT2D eigenvalue weighted by atomic mass is 32.2. The van der Waals surface area contributed by atoms with E-state index in [-0.39, 0.29) is 22.7 Å². The number of nitrogens with one attached hydrogen (secondary N) is 2. The summed E-state index contributed by atoms with van der Waals surface area (Å²) in [6, 6.07) is 23.9. The number of benzene rings is 3. The Morgan fingerprint density at radius 1 is 0.932 bits per heavy atom. The number of anilines is 2. The highest BCUT2D eigenvalue weighted by Gasteiger charge is 2.40. The van der Waals surface area contributed by atoms with Crippen LogP contribution in [0.3, 0.4) is 0 Å². The molecule has 222 valence electrons. The van der Waals surface area contributed by atoms with Crippen LogP contribution in [0, 0.1) is 0 Å². The van der Waals surface area contributed by atoms with Crippen molar-refractivity contribution in [1.82, 2.24) is 10.3 Å². The number of nitrogens with two attached hydrogens (primary N) is 1. The van der Waals surface area contributed by atoms with Gasteiger partial charge in [0.25, 0.3) is 11.8 Å². The first-order chi connectivity index (χ1) is 21.1. The summed E-state index contributed by atoms with van der Waals surface area (Å²) in [5.41, 5.74) is 1.71. The maximum Gasteiger partial charge on any atom is 0.272 e. The third kappa shape index (κ3) is 7.26. The third-order valence-corrected chi connectivity index (χ3v) is 8.57. The standard InChI is InChI=1S/C31H25N5O6S2/c32-44(41,42)25-14-10-23(11-15-25)36-28(37)18-27(31(36)40)43-24-12-8-22(9-13-24)34-30(39)26(17-20-5-4-16-33-19-20)35-29(38)21-6-2-1-3-7-21/h1-17,19,27H,18H2,(H,34,39)(H,35,38)(H2,32,41,42)/b26-17-. The minimum absolute atomic E-state index is 0.0116. The molecule has 0 bridgehead atoms. The van der Waals surface area contributed by atoms with E-state index in [1.54, 1.807) is 79.1 Å². The molecule has 1 fully saturated rings. The normalized spacial score (nSPS) is 15.2. The molecule has 2 heterocycles. The largest absolute Gasteiger partial charge is 0.321 e. The maximum atomic E-state index is 13.2. The molecule has 1 aliphatic heterocycles. The Morgan fingerprint density at radius 2 is 1.64 bits per heavy atom. The fourth-order valence-electron chi connectivity index (χ4n) is 4.30. The minimum atomic E-state index is -3.91. The van der Waals surface area contributed by atoms with Gasteiger partial charge in [0.15, 0.2) is 0 Å². The van der Waals surface area contributed by atoms with Gasteiger partial charge in [-0.05, 0) is 78.4 Å². The summed E-state index contributed by atoms with van der Waals surface area (Å²) in [6.07, 6.45) is 4.64. The lowest BCUT2D eigenvalue weighted by atomic mass is 10.2. The van der Waals surface area contributed by atoms with Crippen LogP contribution in [0.25, 0.3) is 6.08 Å². The number of carbonyl (C=O) groups excluding carboxylic acids is 4. The third-order valence-electron chi connectivity index (χ3n) is 6.44. The molecule has 4 aromatic rings. The molecule has 0 radical (unpaired) electrons. The Bertz CT molecular complexity index is 1850. The molecule has 0 spiro atoms. The molecule has 1 atom stereocenters. The molecule has 0 aliphatic carbocycles. The molecule has 5 rings (SSSR count). The zero-order valence-corrected chi connectivity index (χ0v) is 24.5.